The molecule has 9 heteroatoms. The molecule has 0 radical (unpaired) electrons. The maximum absolute atomic E-state index is 13.8. The number of piperazine rings is 1. The molecule has 40 heavy (non-hydrogen) atoms. The number of halogens is 2. The number of ether oxygens (including phenoxy) is 1. The molecule has 1 aliphatic rings. The second-order valence-electron chi connectivity index (χ2n) is 9.77. The number of rotatable bonds is 5. The predicted octanol–water partition coefficient (Wildman–Crippen LogP) is 7.07. The van der Waals surface area contributed by atoms with Crippen molar-refractivity contribution in [3.8, 4) is 22.7 Å². The summed E-state index contributed by atoms with van der Waals surface area (Å²) in [5.74, 6) is 0.717. The molecule has 1 aliphatic heterocycles. The highest BCUT2D eigenvalue weighted by atomic mass is 35.5. The fourth-order valence-electron chi connectivity index (χ4n) is 4.88. The van der Waals surface area contributed by atoms with Crippen LogP contribution in [0.4, 0.5) is 10.5 Å². The van der Waals surface area contributed by atoms with E-state index in [0.29, 0.717) is 47.5 Å². The SMILES string of the molecule is COc1ccc(-c2cc(C(=O)N3CCN(C(=O)Nc4ccc(Cl)c(Cl)c4)CC3)c(C)n2-c2ccc(C)cc2)cc1. The average Bonchev–Trinajstić information content (AvgIpc) is 3.32. The Kier molecular flexibility index (Phi) is 8.05. The first-order valence-electron chi connectivity index (χ1n) is 13.0. The van der Waals surface area contributed by atoms with E-state index >= 15 is 0 Å². The number of carbonyl (C=O) groups is 2. The quantitative estimate of drug-likeness (QED) is 0.276. The molecule has 1 saturated heterocycles. The van der Waals surface area contributed by atoms with Crippen molar-refractivity contribution in [1.82, 2.24) is 14.4 Å². The normalized spacial score (nSPS) is 13.3. The van der Waals surface area contributed by atoms with Gasteiger partial charge in [-0.05, 0) is 80.1 Å². The summed E-state index contributed by atoms with van der Waals surface area (Å²) in [5.41, 5.74) is 6.12. The van der Waals surface area contributed by atoms with Crippen molar-refractivity contribution >= 4 is 40.8 Å². The average molecular weight is 578 g/mol. The lowest BCUT2D eigenvalue weighted by Gasteiger charge is -2.34. The van der Waals surface area contributed by atoms with Gasteiger partial charge < -0.3 is 24.4 Å². The predicted molar refractivity (Wildman–Crippen MR) is 160 cm³/mol. The molecular weight excluding hydrogens is 547 g/mol. The minimum absolute atomic E-state index is 0.0531. The highest BCUT2D eigenvalue weighted by molar-refractivity contribution is 6.42. The molecule has 0 aliphatic carbocycles. The van der Waals surface area contributed by atoms with E-state index in [0.717, 1.165) is 34.0 Å². The van der Waals surface area contributed by atoms with Crippen LogP contribution >= 0.6 is 23.2 Å². The van der Waals surface area contributed by atoms with Crippen LogP contribution in [0, 0.1) is 13.8 Å². The van der Waals surface area contributed by atoms with Crippen molar-refractivity contribution in [3.05, 3.63) is 99.7 Å². The summed E-state index contributed by atoms with van der Waals surface area (Å²) in [7, 11) is 1.64. The number of amides is 3. The Hall–Kier alpha value is -3.94. The third-order valence-electron chi connectivity index (χ3n) is 7.18. The van der Waals surface area contributed by atoms with Gasteiger partial charge >= 0.3 is 6.03 Å². The first-order chi connectivity index (χ1) is 19.2. The molecule has 1 fully saturated rings. The minimum Gasteiger partial charge on any atom is -0.497 e. The smallest absolute Gasteiger partial charge is 0.321 e. The fraction of sp³-hybridized carbons (Fsp3) is 0.226. The molecule has 0 bridgehead atoms. The van der Waals surface area contributed by atoms with E-state index in [2.05, 4.69) is 41.1 Å². The van der Waals surface area contributed by atoms with Crippen LogP contribution < -0.4 is 10.1 Å². The van der Waals surface area contributed by atoms with E-state index in [1.54, 1.807) is 30.2 Å². The Morgan fingerprint density at radius 1 is 0.800 bits per heavy atom. The van der Waals surface area contributed by atoms with Crippen LogP contribution in [-0.4, -0.2) is 59.6 Å². The third-order valence-corrected chi connectivity index (χ3v) is 7.92. The van der Waals surface area contributed by atoms with Crippen molar-refractivity contribution in [2.24, 2.45) is 0 Å². The van der Waals surface area contributed by atoms with Gasteiger partial charge in [0.25, 0.3) is 5.91 Å². The van der Waals surface area contributed by atoms with Crippen LogP contribution in [0.1, 0.15) is 21.6 Å². The number of anilines is 1. The van der Waals surface area contributed by atoms with Gasteiger partial charge in [-0.3, -0.25) is 4.79 Å². The van der Waals surface area contributed by atoms with Gasteiger partial charge in [-0.15, -0.1) is 0 Å². The summed E-state index contributed by atoms with van der Waals surface area (Å²) >= 11 is 12.0. The van der Waals surface area contributed by atoms with Crippen LogP contribution in [0.5, 0.6) is 5.75 Å². The van der Waals surface area contributed by atoms with Gasteiger partial charge in [-0.1, -0.05) is 40.9 Å². The lowest BCUT2D eigenvalue weighted by Crippen LogP contribution is -2.51. The molecule has 3 amide bonds. The number of nitrogens with zero attached hydrogens (tertiary/aromatic N) is 3. The van der Waals surface area contributed by atoms with Gasteiger partial charge in [0.05, 0.1) is 28.4 Å². The summed E-state index contributed by atoms with van der Waals surface area (Å²) in [5, 5.41) is 3.65. The number of carbonyl (C=O) groups excluding carboxylic acids is 2. The zero-order valence-electron chi connectivity index (χ0n) is 22.6. The number of urea groups is 1. The van der Waals surface area contributed by atoms with Gasteiger partial charge in [-0.25, -0.2) is 4.79 Å². The van der Waals surface area contributed by atoms with Crippen molar-refractivity contribution in [3.63, 3.8) is 0 Å². The van der Waals surface area contributed by atoms with E-state index in [4.69, 9.17) is 27.9 Å². The molecule has 7 nitrogen and oxygen atoms in total. The lowest BCUT2D eigenvalue weighted by molar-refractivity contribution is 0.0671. The van der Waals surface area contributed by atoms with Gasteiger partial charge in [0.1, 0.15) is 5.75 Å². The molecular formula is C31H30Cl2N4O3. The molecule has 1 N–H and O–H groups in total. The molecule has 0 saturated carbocycles. The van der Waals surface area contributed by atoms with Crippen LogP contribution in [0.2, 0.25) is 10.0 Å². The maximum Gasteiger partial charge on any atom is 0.321 e. The monoisotopic (exact) mass is 576 g/mol. The van der Waals surface area contributed by atoms with Crippen molar-refractivity contribution in [2.75, 3.05) is 38.6 Å². The first kappa shape index (κ1) is 27.6. The molecule has 0 unspecified atom stereocenters. The molecule has 206 valence electrons. The van der Waals surface area contributed by atoms with Crippen molar-refractivity contribution < 1.29 is 14.3 Å². The number of hydrogen-bond acceptors (Lipinski definition) is 3. The Labute approximate surface area is 243 Å². The number of benzene rings is 3. The third kappa shape index (κ3) is 5.67. The highest BCUT2D eigenvalue weighted by Gasteiger charge is 2.28. The van der Waals surface area contributed by atoms with Crippen LogP contribution in [0.15, 0.2) is 72.8 Å². The number of aryl methyl sites for hydroxylation is 1. The van der Waals surface area contributed by atoms with Gasteiger partial charge in [0, 0.05) is 43.2 Å². The summed E-state index contributed by atoms with van der Waals surface area (Å²) in [4.78, 5) is 30.1. The Balaban J connectivity index is 1.36. The van der Waals surface area contributed by atoms with Crippen molar-refractivity contribution in [2.45, 2.75) is 13.8 Å². The molecule has 0 atom stereocenters. The number of methoxy groups -OCH3 is 1. The standard InChI is InChI=1S/C31H30Cl2N4O3/c1-20-4-9-24(10-5-20)37-21(2)26(19-29(37)22-6-11-25(40-3)12-7-22)30(38)35-14-16-36(17-15-35)31(39)34-23-8-13-27(32)28(33)18-23/h4-13,18-19H,14-17H2,1-3H3,(H,34,39). The molecule has 4 aromatic rings. The van der Waals surface area contributed by atoms with E-state index in [-0.39, 0.29) is 11.9 Å². The summed E-state index contributed by atoms with van der Waals surface area (Å²) in [6.45, 7) is 5.72. The summed E-state index contributed by atoms with van der Waals surface area (Å²) in [6.07, 6.45) is 0. The Bertz CT molecular complexity index is 1540. The van der Waals surface area contributed by atoms with Gasteiger partial charge in [0.2, 0.25) is 0 Å². The van der Waals surface area contributed by atoms with E-state index in [1.165, 1.54) is 0 Å². The molecule has 3 aromatic carbocycles. The number of hydrogen-bond donors (Lipinski definition) is 1. The zero-order chi connectivity index (χ0) is 28.4. The van der Waals surface area contributed by atoms with E-state index in [9.17, 15) is 9.59 Å². The lowest BCUT2D eigenvalue weighted by atomic mass is 10.1. The second-order valence-corrected chi connectivity index (χ2v) is 10.6. The molecule has 5 rings (SSSR count). The van der Waals surface area contributed by atoms with Crippen LogP contribution in [-0.2, 0) is 0 Å². The zero-order valence-corrected chi connectivity index (χ0v) is 24.1. The highest BCUT2D eigenvalue weighted by Crippen LogP contribution is 2.32. The minimum atomic E-state index is -0.242. The number of aromatic nitrogens is 1. The van der Waals surface area contributed by atoms with Crippen molar-refractivity contribution in [1.29, 1.82) is 0 Å². The first-order valence-corrected chi connectivity index (χ1v) is 13.7. The largest absolute Gasteiger partial charge is 0.497 e. The summed E-state index contributed by atoms with van der Waals surface area (Å²) < 4.78 is 7.46. The second kappa shape index (κ2) is 11.7. The van der Waals surface area contributed by atoms with Crippen LogP contribution in [0.25, 0.3) is 16.9 Å². The topological polar surface area (TPSA) is 66.8 Å². The molecule has 0 spiro atoms. The number of nitrogens with one attached hydrogen (secondary N) is 1. The molecule has 2 heterocycles. The fourth-order valence-corrected chi connectivity index (χ4v) is 5.18. The van der Waals surface area contributed by atoms with Crippen LogP contribution in [0.3, 0.4) is 0 Å². The maximum atomic E-state index is 13.8. The summed E-state index contributed by atoms with van der Waals surface area (Å²) in [6, 6.07) is 22.8. The van der Waals surface area contributed by atoms with Gasteiger partial charge in [0.15, 0.2) is 0 Å². The molecule has 1 aromatic heterocycles. The van der Waals surface area contributed by atoms with E-state index in [1.807, 2.05) is 42.2 Å². The Morgan fingerprint density at radius 2 is 1.45 bits per heavy atom. The van der Waals surface area contributed by atoms with Gasteiger partial charge in [-0.2, -0.15) is 0 Å². The Morgan fingerprint density at radius 3 is 2.08 bits per heavy atom. The van der Waals surface area contributed by atoms with E-state index < -0.39 is 0 Å².